The highest BCUT2D eigenvalue weighted by Crippen LogP contribution is 2.09. The van der Waals surface area contributed by atoms with Crippen LogP contribution in [0.25, 0.3) is 0 Å². The van der Waals surface area contributed by atoms with Gasteiger partial charge in [-0.2, -0.15) is 0 Å². The Bertz CT molecular complexity index is 398. The molecule has 1 heterocycles. The molecule has 1 aromatic rings. The van der Waals surface area contributed by atoms with Crippen molar-refractivity contribution in [3.63, 3.8) is 0 Å². The molecule has 6 heteroatoms. The van der Waals surface area contributed by atoms with Crippen LogP contribution in [0.4, 0.5) is 0 Å². The fraction of sp³-hybridized carbons (Fsp3) is 0.600. The zero-order valence-corrected chi connectivity index (χ0v) is 9.36. The van der Waals surface area contributed by atoms with Gasteiger partial charge in [0.2, 0.25) is 11.6 Å². The van der Waals surface area contributed by atoms with Crippen LogP contribution in [0.3, 0.4) is 0 Å². The molecule has 0 bridgehead atoms. The maximum Gasteiger partial charge on any atom is 0.294 e. The fourth-order valence-electron chi connectivity index (χ4n) is 1.36. The Balaban J connectivity index is 3.02. The zero-order chi connectivity index (χ0) is 12.1. The summed E-state index contributed by atoms with van der Waals surface area (Å²) in [5.74, 6) is -0.737. The van der Waals surface area contributed by atoms with Crippen LogP contribution < -0.4 is 4.90 Å². The third-order valence-corrected chi connectivity index (χ3v) is 2.10. The van der Waals surface area contributed by atoms with Crippen molar-refractivity contribution >= 4 is 11.6 Å². The normalized spacial score (nSPS) is 10.4. The van der Waals surface area contributed by atoms with Gasteiger partial charge in [-0.1, -0.05) is 13.8 Å². The predicted molar refractivity (Wildman–Crippen MR) is 53.9 cm³/mol. The Hall–Kier alpha value is -1.72. The molecule has 0 amide bonds. The second-order valence-electron chi connectivity index (χ2n) is 3.47. The number of aromatic nitrogens is 2. The molecule has 1 aromatic heterocycles. The first-order chi connectivity index (χ1) is 7.61. The van der Waals surface area contributed by atoms with E-state index in [-0.39, 0.29) is 34.9 Å². The Labute approximate surface area is 92.8 Å². The predicted octanol–water partition coefficient (Wildman–Crippen LogP) is 1.27. The van der Waals surface area contributed by atoms with Crippen LogP contribution in [-0.4, -0.2) is 16.7 Å². The summed E-state index contributed by atoms with van der Waals surface area (Å²) in [6.45, 7) is 3.64. The highest BCUT2D eigenvalue weighted by atomic mass is 16.8. The molecular weight excluding hydrogens is 212 g/mol. The zero-order valence-electron chi connectivity index (χ0n) is 9.36. The van der Waals surface area contributed by atoms with Crippen molar-refractivity contribution in [3.05, 3.63) is 16.6 Å². The van der Waals surface area contributed by atoms with Gasteiger partial charge in [0.25, 0.3) is 11.4 Å². The molecule has 0 spiro atoms. The summed E-state index contributed by atoms with van der Waals surface area (Å²) in [6.07, 6.45) is 1.69. The smallest absolute Gasteiger partial charge is 0.294 e. The second-order valence-corrected chi connectivity index (χ2v) is 3.47. The summed E-state index contributed by atoms with van der Waals surface area (Å²) < 4.78 is 4.30. The molecule has 6 nitrogen and oxygen atoms in total. The highest BCUT2D eigenvalue weighted by molar-refractivity contribution is 6.05. The van der Waals surface area contributed by atoms with Crippen LogP contribution in [0.2, 0.25) is 0 Å². The number of Topliss-reactive ketones (excluding diaryl/α,β-unsaturated/α-hetero) is 2. The number of carbonyl (C=O) groups excluding carboxylic acids is 2. The molecule has 88 valence electrons. The lowest BCUT2D eigenvalue weighted by Crippen LogP contribution is -2.32. The van der Waals surface area contributed by atoms with Crippen LogP contribution in [0.5, 0.6) is 0 Å². The molecule has 0 saturated heterocycles. The van der Waals surface area contributed by atoms with E-state index < -0.39 is 5.78 Å². The Morgan fingerprint density at radius 1 is 1.25 bits per heavy atom. The summed E-state index contributed by atoms with van der Waals surface area (Å²) >= 11 is 0. The molecule has 0 aromatic carbocycles. The Kier molecular flexibility index (Phi) is 4.16. The van der Waals surface area contributed by atoms with E-state index in [1.165, 1.54) is 0 Å². The van der Waals surface area contributed by atoms with E-state index in [1.807, 2.05) is 13.8 Å². The number of hydrogen-bond donors (Lipinski definition) is 0. The van der Waals surface area contributed by atoms with Gasteiger partial charge in [-0.25, -0.2) is 0 Å². The minimum atomic E-state index is -0.404. The van der Waals surface area contributed by atoms with Crippen LogP contribution >= 0.6 is 0 Å². The monoisotopic (exact) mass is 226 g/mol. The van der Waals surface area contributed by atoms with Gasteiger partial charge in [0.05, 0.1) is 5.16 Å². The van der Waals surface area contributed by atoms with Gasteiger partial charge < -0.3 is 5.21 Å². The number of carbonyl (C=O) groups is 2. The number of nitrogens with zero attached hydrogens (tertiary/aromatic N) is 2. The lowest BCUT2D eigenvalue weighted by atomic mass is 10.1. The summed E-state index contributed by atoms with van der Waals surface area (Å²) in [6, 6.07) is 0. The number of hydrogen-bond acceptors (Lipinski definition) is 5. The number of rotatable bonds is 6. The van der Waals surface area contributed by atoms with Crippen molar-refractivity contribution in [2.75, 3.05) is 0 Å². The summed E-state index contributed by atoms with van der Waals surface area (Å²) in [5.41, 5.74) is -0.407. The van der Waals surface area contributed by atoms with Crippen molar-refractivity contribution < 1.29 is 19.1 Å². The molecule has 0 saturated carbocycles. The van der Waals surface area contributed by atoms with Gasteiger partial charge in [0.15, 0.2) is 0 Å². The van der Waals surface area contributed by atoms with Crippen molar-refractivity contribution in [2.24, 2.45) is 0 Å². The lowest BCUT2D eigenvalue weighted by molar-refractivity contribution is -0.803. The minimum absolute atomic E-state index is 0.0148. The Morgan fingerprint density at radius 2 is 1.81 bits per heavy atom. The fourth-order valence-corrected chi connectivity index (χ4v) is 1.36. The van der Waals surface area contributed by atoms with Crippen LogP contribution in [0, 0.1) is 5.21 Å². The average Bonchev–Trinajstić information content (AvgIpc) is 2.61. The summed E-state index contributed by atoms with van der Waals surface area (Å²) in [4.78, 5) is 23.2. The van der Waals surface area contributed by atoms with E-state index in [0.29, 0.717) is 12.8 Å². The van der Waals surface area contributed by atoms with Gasteiger partial charge in [-0.05, 0) is 17.7 Å². The van der Waals surface area contributed by atoms with E-state index in [0.717, 1.165) is 0 Å². The van der Waals surface area contributed by atoms with E-state index >= 15 is 0 Å². The maximum absolute atomic E-state index is 11.6. The number of ketones is 2. The first-order valence-electron chi connectivity index (χ1n) is 5.27. The quantitative estimate of drug-likeness (QED) is 0.538. The van der Waals surface area contributed by atoms with Gasteiger partial charge >= 0.3 is 0 Å². The molecule has 0 atom stereocenters. The molecule has 0 aliphatic heterocycles. The molecule has 1 rings (SSSR count). The molecule has 0 fully saturated rings. The third-order valence-electron chi connectivity index (χ3n) is 2.10. The topological polar surface area (TPSA) is 87.1 Å². The molecule has 0 aliphatic rings. The van der Waals surface area contributed by atoms with E-state index in [1.54, 1.807) is 0 Å². The van der Waals surface area contributed by atoms with Crippen LogP contribution in [0.1, 0.15) is 60.5 Å². The lowest BCUT2D eigenvalue weighted by Gasteiger charge is -1.95. The van der Waals surface area contributed by atoms with E-state index in [4.69, 9.17) is 0 Å². The van der Waals surface area contributed by atoms with Crippen LogP contribution in [0.15, 0.2) is 4.63 Å². The summed E-state index contributed by atoms with van der Waals surface area (Å²) in [7, 11) is 0. The molecule has 16 heavy (non-hydrogen) atoms. The second kappa shape index (κ2) is 5.39. The van der Waals surface area contributed by atoms with E-state index in [2.05, 4.69) is 9.79 Å². The van der Waals surface area contributed by atoms with Gasteiger partial charge in [-0.3, -0.25) is 14.2 Å². The maximum atomic E-state index is 11.6. The third kappa shape index (κ3) is 2.44. The van der Waals surface area contributed by atoms with Crippen molar-refractivity contribution in [3.8, 4) is 0 Å². The minimum Gasteiger partial charge on any atom is -0.359 e. The molecular formula is C10H14N2O4. The first kappa shape index (κ1) is 12.4. The molecule has 0 unspecified atom stereocenters. The van der Waals surface area contributed by atoms with Crippen molar-refractivity contribution in [1.29, 1.82) is 0 Å². The van der Waals surface area contributed by atoms with Gasteiger partial charge in [-0.15, -0.1) is 0 Å². The Morgan fingerprint density at radius 3 is 2.38 bits per heavy atom. The van der Waals surface area contributed by atoms with Crippen molar-refractivity contribution in [1.82, 2.24) is 5.16 Å². The molecule has 0 aliphatic carbocycles. The molecule has 0 N–H and O–H groups in total. The van der Waals surface area contributed by atoms with Crippen LogP contribution in [-0.2, 0) is 0 Å². The standard InChI is InChI=1S/C10H14N2O4/c1-3-5-7(13)9-10(8(14)6-4-2)12(15)16-11-9/h3-6H2,1-2H3. The average molecular weight is 226 g/mol. The first-order valence-corrected chi connectivity index (χ1v) is 5.27. The highest BCUT2D eigenvalue weighted by Gasteiger charge is 2.30. The summed E-state index contributed by atoms with van der Waals surface area (Å²) in [5, 5.41) is 14.5. The molecule has 0 radical (unpaired) electrons. The van der Waals surface area contributed by atoms with Gasteiger partial charge in [0.1, 0.15) is 0 Å². The SMILES string of the molecule is CCCC(=O)c1no[n+]([O-])c1C(=O)CCC. The van der Waals surface area contributed by atoms with Gasteiger partial charge in [0, 0.05) is 12.8 Å². The van der Waals surface area contributed by atoms with E-state index in [9.17, 15) is 14.8 Å². The van der Waals surface area contributed by atoms with Crippen molar-refractivity contribution in [2.45, 2.75) is 39.5 Å². The largest absolute Gasteiger partial charge is 0.359 e.